The van der Waals surface area contributed by atoms with Crippen LogP contribution in [0.5, 0.6) is 0 Å². The number of anilines is 1. The van der Waals surface area contributed by atoms with E-state index in [9.17, 15) is 22.1 Å². The summed E-state index contributed by atoms with van der Waals surface area (Å²) in [7, 11) is -1.44. The number of alkyl halides is 3. The Morgan fingerprint density at radius 2 is 1.64 bits per heavy atom. The average molecular weight is 377 g/mol. The van der Waals surface area contributed by atoms with E-state index in [-0.39, 0.29) is 5.69 Å². The van der Waals surface area contributed by atoms with Gasteiger partial charge in [-0.15, -0.1) is 0 Å². The normalized spacial score (nSPS) is 13.5. The molecule has 0 aromatic heterocycles. The molecule has 136 valence electrons. The molecule has 25 heavy (non-hydrogen) atoms. The molecule has 1 N–H and O–H groups in total. The van der Waals surface area contributed by atoms with E-state index in [0.717, 1.165) is 38.5 Å². The number of benzene rings is 2. The Labute approximate surface area is 142 Å². The lowest BCUT2D eigenvalue weighted by atomic mass is 10.1. The molecule has 2 aromatic rings. The van der Waals surface area contributed by atoms with Crippen molar-refractivity contribution < 1.29 is 31.2 Å². The maximum Gasteiger partial charge on any atom is 0.416 e. The molecule has 0 aliphatic carbocycles. The fourth-order valence-electron chi connectivity index (χ4n) is 2.22. The van der Waals surface area contributed by atoms with Gasteiger partial charge in [0.05, 0.1) is 5.56 Å². The average Bonchev–Trinajstić information content (AvgIpc) is 2.59. The van der Waals surface area contributed by atoms with Crippen molar-refractivity contribution in [3.63, 3.8) is 0 Å². The van der Waals surface area contributed by atoms with Crippen molar-refractivity contribution in [1.29, 1.82) is 0 Å². The van der Waals surface area contributed by atoms with Gasteiger partial charge in [-0.3, -0.25) is 4.57 Å². The molecule has 0 saturated heterocycles. The lowest BCUT2D eigenvalue weighted by Crippen LogP contribution is -2.14. The highest BCUT2D eigenvalue weighted by Gasteiger charge is 2.36. The van der Waals surface area contributed by atoms with E-state index in [2.05, 4.69) is 5.32 Å². The largest absolute Gasteiger partial charge is 0.416 e. The van der Waals surface area contributed by atoms with Crippen LogP contribution in [-0.2, 0) is 19.8 Å². The maximum atomic E-state index is 13.1. The van der Waals surface area contributed by atoms with Gasteiger partial charge in [0.1, 0.15) is 5.82 Å². The molecule has 4 nitrogen and oxygen atoms in total. The Bertz CT molecular complexity index is 757. The van der Waals surface area contributed by atoms with Crippen molar-refractivity contribution in [3.8, 4) is 0 Å². The van der Waals surface area contributed by atoms with Crippen molar-refractivity contribution in [2.45, 2.75) is 12.0 Å². The van der Waals surface area contributed by atoms with Crippen LogP contribution in [0.1, 0.15) is 16.9 Å². The van der Waals surface area contributed by atoms with Crippen LogP contribution in [0.25, 0.3) is 0 Å². The fraction of sp³-hybridized carbons (Fsp3) is 0.250. The van der Waals surface area contributed by atoms with Gasteiger partial charge in [0.2, 0.25) is 0 Å². The molecule has 0 bridgehead atoms. The molecule has 9 heteroatoms. The predicted octanol–water partition coefficient (Wildman–Crippen LogP) is 5.44. The van der Waals surface area contributed by atoms with Gasteiger partial charge < -0.3 is 14.4 Å². The summed E-state index contributed by atoms with van der Waals surface area (Å²) in [6.45, 7) is 0. The van der Waals surface area contributed by atoms with Gasteiger partial charge in [-0.1, -0.05) is 18.2 Å². The third-order valence-electron chi connectivity index (χ3n) is 3.50. The highest BCUT2D eigenvalue weighted by atomic mass is 31.2. The van der Waals surface area contributed by atoms with Crippen LogP contribution in [0.4, 0.5) is 23.2 Å². The minimum absolute atomic E-state index is 0.0680. The van der Waals surface area contributed by atoms with Crippen molar-refractivity contribution in [2.75, 3.05) is 19.5 Å². The minimum atomic E-state index is -4.52. The highest BCUT2D eigenvalue weighted by molar-refractivity contribution is 7.54. The van der Waals surface area contributed by atoms with E-state index in [1.807, 2.05) is 0 Å². The molecule has 0 aliphatic rings. The van der Waals surface area contributed by atoms with Crippen molar-refractivity contribution in [3.05, 3.63) is 65.5 Å². The summed E-state index contributed by atoms with van der Waals surface area (Å²) >= 11 is 0. The molecule has 0 heterocycles. The van der Waals surface area contributed by atoms with Gasteiger partial charge in [0.15, 0.2) is 5.78 Å². The van der Waals surface area contributed by atoms with Crippen LogP contribution in [0.15, 0.2) is 48.5 Å². The zero-order chi connectivity index (χ0) is 18.7. The Hall–Kier alpha value is -1.89. The summed E-state index contributed by atoms with van der Waals surface area (Å²) in [5.74, 6) is -1.63. The van der Waals surface area contributed by atoms with Crippen LogP contribution in [0, 0.1) is 5.82 Å². The minimum Gasteiger partial charge on any atom is -0.368 e. The molecule has 0 fully saturated rings. The van der Waals surface area contributed by atoms with Crippen LogP contribution in [0.2, 0.25) is 0 Å². The molecule has 0 radical (unpaired) electrons. The number of hydrogen-bond acceptors (Lipinski definition) is 4. The smallest absolute Gasteiger partial charge is 0.368 e. The first kappa shape index (κ1) is 19.4. The van der Waals surface area contributed by atoms with Gasteiger partial charge in [-0.2, -0.15) is 13.2 Å². The topological polar surface area (TPSA) is 47.6 Å². The van der Waals surface area contributed by atoms with Gasteiger partial charge in [-0.25, -0.2) is 4.39 Å². The van der Waals surface area contributed by atoms with Gasteiger partial charge >= 0.3 is 13.8 Å². The number of hydrogen-bond donors (Lipinski definition) is 1. The molecule has 2 rings (SSSR count). The maximum absolute atomic E-state index is 13.1. The molecule has 0 amide bonds. The molecular weight excluding hydrogens is 361 g/mol. The molecule has 0 saturated carbocycles. The molecule has 1 atom stereocenters. The second-order valence-corrected chi connectivity index (χ2v) is 7.41. The molecule has 0 unspecified atom stereocenters. The summed E-state index contributed by atoms with van der Waals surface area (Å²) in [5, 5.41) is 2.73. The van der Waals surface area contributed by atoms with Gasteiger partial charge in [0.25, 0.3) is 0 Å². The Balaban J connectivity index is 2.44. The molecule has 0 spiro atoms. The number of halogens is 4. The van der Waals surface area contributed by atoms with E-state index in [1.54, 1.807) is 0 Å². The second kappa shape index (κ2) is 7.56. The zero-order valence-corrected chi connectivity index (χ0v) is 14.3. The molecule has 2 aromatic carbocycles. The fourth-order valence-corrected chi connectivity index (χ4v) is 3.63. The third-order valence-corrected chi connectivity index (χ3v) is 5.58. The van der Waals surface area contributed by atoms with Crippen molar-refractivity contribution in [1.82, 2.24) is 0 Å². The van der Waals surface area contributed by atoms with Crippen LogP contribution in [-0.4, -0.2) is 14.2 Å². The standard InChI is InChI=1S/C16H16F4NO3P/c1-23-25(22,24-2)15(11-6-8-13(17)9-7-11)21-14-5-3-4-12(10-14)16(18,19)20/h3-10,15,21H,1-2H3/t15-/m0/s1. The van der Waals surface area contributed by atoms with E-state index < -0.39 is 30.9 Å². The summed E-state index contributed by atoms with van der Waals surface area (Å²) in [6.07, 6.45) is -4.52. The monoisotopic (exact) mass is 377 g/mol. The highest BCUT2D eigenvalue weighted by Crippen LogP contribution is 2.59. The Morgan fingerprint density at radius 3 is 2.16 bits per heavy atom. The van der Waals surface area contributed by atoms with Gasteiger partial charge in [0, 0.05) is 19.9 Å². The summed E-state index contributed by atoms with van der Waals surface area (Å²) in [6, 6.07) is 9.41. The Morgan fingerprint density at radius 1 is 1.04 bits per heavy atom. The van der Waals surface area contributed by atoms with Crippen LogP contribution >= 0.6 is 7.60 Å². The Kier molecular flexibility index (Phi) is 5.87. The van der Waals surface area contributed by atoms with E-state index in [1.165, 1.54) is 24.3 Å². The lowest BCUT2D eigenvalue weighted by Gasteiger charge is -2.26. The predicted molar refractivity (Wildman–Crippen MR) is 85.8 cm³/mol. The van der Waals surface area contributed by atoms with Crippen LogP contribution < -0.4 is 5.32 Å². The van der Waals surface area contributed by atoms with E-state index in [4.69, 9.17) is 9.05 Å². The van der Waals surface area contributed by atoms with Crippen molar-refractivity contribution in [2.24, 2.45) is 0 Å². The third kappa shape index (κ3) is 4.60. The number of rotatable bonds is 6. The summed E-state index contributed by atoms with van der Waals surface area (Å²) < 4.78 is 74.5. The quantitative estimate of drug-likeness (QED) is 0.538. The second-order valence-electron chi connectivity index (χ2n) is 5.08. The first-order valence-corrected chi connectivity index (χ1v) is 8.71. The molecule has 0 aliphatic heterocycles. The number of nitrogens with one attached hydrogen (secondary N) is 1. The van der Waals surface area contributed by atoms with Crippen molar-refractivity contribution >= 4 is 13.3 Å². The first-order valence-electron chi connectivity index (χ1n) is 7.10. The van der Waals surface area contributed by atoms with E-state index >= 15 is 0 Å². The first-order chi connectivity index (χ1) is 11.7. The van der Waals surface area contributed by atoms with Gasteiger partial charge in [-0.05, 0) is 35.9 Å². The molecular formula is C16H16F4NO3P. The van der Waals surface area contributed by atoms with E-state index in [0.29, 0.717) is 5.56 Å². The zero-order valence-electron chi connectivity index (χ0n) is 13.4. The van der Waals surface area contributed by atoms with Crippen LogP contribution in [0.3, 0.4) is 0 Å². The summed E-state index contributed by atoms with van der Waals surface area (Å²) in [4.78, 5) is 0. The summed E-state index contributed by atoms with van der Waals surface area (Å²) in [5.41, 5.74) is -0.454. The SMILES string of the molecule is COP(=O)(OC)[C@H](Nc1cccc(C(F)(F)F)c1)c1ccc(F)cc1. The lowest BCUT2D eigenvalue weighted by molar-refractivity contribution is -0.137.